The molecule has 1 atom stereocenters. The molecule has 0 N–H and O–H groups in total. The smallest absolute Gasteiger partial charge is 0.132 e. The number of alkyl halides is 1. The lowest BCUT2D eigenvalue weighted by Gasteiger charge is -2.11. The van der Waals surface area contributed by atoms with E-state index in [2.05, 4.69) is 4.98 Å². The molecule has 0 saturated carbocycles. The second-order valence-electron chi connectivity index (χ2n) is 4.65. The molecule has 108 valence electrons. The Balaban J connectivity index is 2.33. The van der Waals surface area contributed by atoms with Crippen molar-refractivity contribution in [3.8, 4) is 5.69 Å². The van der Waals surface area contributed by atoms with E-state index in [1.807, 2.05) is 17.6 Å². The Hall–Kier alpha value is -1.29. The number of benzene rings is 2. The quantitative estimate of drug-likeness (QED) is 0.540. The van der Waals surface area contributed by atoms with Crippen molar-refractivity contribution >= 4 is 45.8 Å². The molecule has 6 heteroatoms. The highest BCUT2D eigenvalue weighted by Crippen LogP contribution is 2.31. The number of halogens is 4. The minimum absolute atomic E-state index is 0.338. The highest BCUT2D eigenvalue weighted by atomic mass is 35.5. The molecule has 0 saturated heterocycles. The Labute approximate surface area is 136 Å². The molecule has 0 aliphatic carbocycles. The minimum atomic E-state index is -0.338. The molecule has 3 rings (SSSR count). The first-order chi connectivity index (χ1) is 9.97. The molecule has 2 aromatic carbocycles. The van der Waals surface area contributed by atoms with Gasteiger partial charge in [0, 0.05) is 11.8 Å². The molecule has 1 unspecified atom stereocenters. The Morgan fingerprint density at radius 3 is 2.52 bits per heavy atom. The van der Waals surface area contributed by atoms with Crippen molar-refractivity contribution in [3.63, 3.8) is 0 Å². The normalized spacial score (nSPS) is 12.8. The van der Waals surface area contributed by atoms with Gasteiger partial charge in [-0.1, -0.05) is 23.2 Å². The molecule has 1 aromatic heterocycles. The van der Waals surface area contributed by atoms with Gasteiger partial charge in [-0.15, -0.1) is 11.6 Å². The van der Waals surface area contributed by atoms with Crippen LogP contribution in [0.3, 0.4) is 0 Å². The highest BCUT2D eigenvalue weighted by Gasteiger charge is 2.17. The van der Waals surface area contributed by atoms with Crippen molar-refractivity contribution in [2.24, 2.45) is 0 Å². The maximum Gasteiger partial charge on any atom is 0.132 e. The van der Waals surface area contributed by atoms with Gasteiger partial charge in [0.15, 0.2) is 0 Å². The average Bonchev–Trinajstić information content (AvgIpc) is 2.80. The lowest BCUT2D eigenvalue weighted by atomic mass is 10.2. The summed E-state index contributed by atoms with van der Waals surface area (Å²) >= 11 is 18.2. The van der Waals surface area contributed by atoms with Crippen LogP contribution in [0.25, 0.3) is 16.7 Å². The number of imidazole rings is 1. The average molecular weight is 344 g/mol. The van der Waals surface area contributed by atoms with Crippen LogP contribution in [0.2, 0.25) is 10.0 Å². The lowest BCUT2D eigenvalue weighted by molar-refractivity contribution is 0.629. The van der Waals surface area contributed by atoms with Crippen LogP contribution in [-0.4, -0.2) is 9.55 Å². The summed E-state index contributed by atoms with van der Waals surface area (Å²) < 4.78 is 15.2. The predicted octanol–water partition coefficient (Wildman–Crippen LogP) is 5.77. The number of hydrogen-bond donors (Lipinski definition) is 0. The second-order valence-corrected chi connectivity index (χ2v) is 6.12. The molecule has 0 bridgehead atoms. The van der Waals surface area contributed by atoms with Crippen LogP contribution >= 0.6 is 34.8 Å². The van der Waals surface area contributed by atoms with E-state index in [1.165, 1.54) is 12.1 Å². The van der Waals surface area contributed by atoms with E-state index in [0.717, 1.165) is 11.2 Å². The molecule has 2 nitrogen and oxygen atoms in total. The molecule has 0 aliphatic heterocycles. The van der Waals surface area contributed by atoms with Crippen LogP contribution < -0.4 is 0 Å². The molecule has 0 spiro atoms. The fraction of sp³-hybridized carbons (Fsp3) is 0.133. The van der Waals surface area contributed by atoms with Crippen molar-refractivity contribution in [2.75, 3.05) is 0 Å². The summed E-state index contributed by atoms with van der Waals surface area (Å²) in [6.45, 7) is 1.81. The Kier molecular flexibility index (Phi) is 3.82. The van der Waals surface area contributed by atoms with Gasteiger partial charge in [-0.3, -0.25) is 4.57 Å². The van der Waals surface area contributed by atoms with Gasteiger partial charge >= 0.3 is 0 Å². The maximum absolute atomic E-state index is 13.4. The zero-order chi connectivity index (χ0) is 15.1. The Morgan fingerprint density at radius 1 is 1.10 bits per heavy atom. The van der Waals surface area contributed by atoms with E-state index in [9.17, 15) is 4.39 Å². The van der Waals surface area contributed by atoms with E-state index >= 15 is 0 Å². The van der Waals surface area contributed by atoms with E-state index in [-0.39, 0.29) is 11.2 Å². The summed E-state index contributed by atoms with van der Waals surface area (Å²) in [5.74, 6) is 0.283. The summed E-state index contributed by atoms with van der Waals surface area (Å²) in [7, 11) is 0. The standard InChI is InChI=1S/C15H10Cl3FN2/c1-8(16)15-20-13-6-9(19)2-5-14(13)21(15)10-3-4-11(17)12(18)7-10/h2-8H,1H3. The van der Waals surface area contributed by atoms with Gasteiger partial charge in [0.25, 0.3) is 0 Å². The van der Waals surface area contributed by atoms with Crippen LogP contribution in [0.15, 0.2) is 36.4 Å². The molecule has 3 aromatic rings. The van der Waals surface area contributed by atoms with Gasteiger partial charge in [0.05, 0.1) is 26.5 Å². The first-order valence-corrected chi connectivity index (χ1v) is 7.44. The third-order valence-electron chi connectivity index (χ3n) is 3.16. The fourth-order valence-electron chi connectivity index (χ4n) is 2.23. The molecule has 0 aliphatic rings. The Bertz CT molecular complexity index is 827. The number of nitrogens with zero attached hydrogens (tertiary/aromatic N) is 2. The van der Waals surface area contributed by atoms with E-state index in [4.69, 9.17) is 34.8 Å². The van der Waals surface area contributed by atoms with Crippen LogP contribution in [-0.2, 0) is 0 Å². The zero-order valence-electron chi connectivity index (χ0n) is 10.9. The number of aromatic nitrogens is 2. The van der Waals surface area contributed by atoms with Gasteiger partial charge in [0.2, 0.25) is 0 Å². The summed E-state index contributed by atoms with van der Waals surface area (Å²) in [5.41, 5.74) is 2.09. The third kappa shape index (κ3) is 2.61. The SMILES string of the molecule is CC(Cl)c1nc2cc(F)ccc2n1-c1ccc(Cl)c(Cl)c1. The van der Waals surface area contributed by atoms with Gasteiger partial charge in [-0.05, 0) is 37.3 Å². The van der Waals surface area contributed by atoms with Crippen LogP contribution in [0.4, 0.5) is 4.39 Å². The fourth-order valence-corrected chi connectivity index (χ4v) is 2.67. The maximum atomic E-state index is 13.4. The summed E-state index contributed by atoms with van der Waals surface area (Å²) in [6, 6.07) is 9.70. The third-order valence-corrected chi connectivity index (χ3v) is 4.09. The van der Waals surface area contributed by atoms with Crippen molar-refractivity contribution < 1.29 is 4.39 Å². The predicted molar refractivity (Wildman–Crippen MR) is 85.3 cm³/mol. The van der Waals surface area contributed by atoms with Crippen LogP contribution in [0, 0.1) is 5.82 Å². The largest absolute Gasteiger partial charge is 0.295 e. The lowest BCUT2D eigenvalue weighted by Crippen LogP contribution is -2.01. The first-order valence-electron chi connectivity index (χ1n) is 6.25. The monoisotopic (exact) mass is 342 g/mol. The van der Waals surface area contributed by atoms with Crippen molar-refractivity contribution in [1.82, 2.24) is 9.55 Å². The van der Waals surface area contributed by atoms with Crippen molar-refractivity contribution in [1.29, 1.82) is 0 Å². The van der Waals surface area contributed by atoms with E-state index < -0.39 is 0 Å². The van der Waals surface area contributed by atoms with Crippen molar-refractivity contribution in [2.45, 2.75) is 12.3 Å². The number of fused-ring (bicyclic) bond motifs is 1. The van der Waals surface area contributed by atoms with Gasteiger partial charge in [-0.25, -0.2) is 9.37 Å². The first kappa shape index (κ1) is 14.6. The van der Waals surface area contributed by atoms with Gasteiger partial charge in [0.1, 0.15) is 11.6 Å². The number of hydrogen-bond acceptors (Lipinski definition) is 1. The van der Waals surface area contributed by atoms with Crippen molar-refractivity contribution in [3.05, 3.63) is 58.1 Å². The second kappa shape index (κ2) is 5.48. The Morgan fingerprint density at radius 2 is 1.86 bits per heavy atom. The van der Waals surface area contributed by atoms with Gasteiger partial charge < -0.3 is 0 Å². The minimum Gasteiger partial charge on any atom is -0.295 e. The van der Waals surface area contributed by atoms with Gasteiger partial charge in [-0.2, -0.15) is 0 Å². The summed E-state index contributed by atoms with van der Waals surface area (Å²) in [6.07, 6.45) is 0. The molecular weight excluding hydrogens is 334 g/mol. The van der Waals surface area contributed by atoms with Crippen LogP contribution in [0.1, 0.15) is 18.1 Å². The zero-order valence-corrected chi connectivity index (χ0v) is 13.2. The molecule has 21 heavy (non-hydrogen) atoms. The summed E-state index contributed by atoms with van der Waals surface area (Å²) in [4.78, 5) is 4.42. The molecule has 0 amide bonds. The molecular formula is C15H10Cl3FN2. The van der Waals surface area contributed by atoms with Crippen LogP contribution in [0.5, 0.6) is 0 Å². The van der Waals surface area contributed by atoms with E-state index in [0.29, 0.717) is 21.4 Å². The molecule has 0 radical (unpaired) electrons. The highest BCUT2D eigenvalue weighted by molar-refractivity contribution is 6.42. The molecule has 1 heterocycles. The van der Waals surface area contributed by atoms with E-state index in [1.54, 1.807) is 18.2 Å². The number of rotatable bonds is 2. The molecule has 0 fully saturated rings. The summed E-state index contributed by atoms with van der Waals surface area (Å²) in [5, 5.41) is 0.567. The topological polar surface area (TPSA) is 17.8 Å².